The van der Waals surface area contributed by atoms with Crippen LogP contribution in [0.5, 0.6) is 5.88 Å². The molecular formula is C25H29ClF3N5O2Si. The first-order valence-electron chi connectivity index (χ1n) is 11.8. The zero-order valence-corrected chi connectivity index (χ0v) is 23.1. The van der Waals surface area contributed by atoms with Crippen LogP contribution in [0.25, 0.3) is 22.4 Å². The summed E-state index contributed by atoms with van der Waals surface area (Å²) in [4.78, 5) is 12.4. The molecule has 4 aromatic rings. The summed E-state index contributed by atoms with van der Waals surface area (Å²) in [5.74, 6) is 0.579. The lowest BCUT2D eigenvalue weighted by molar-refractivity contribution is -0.140. The molecule has 4 rings (SSSR count). The minimum atomic E-state index is -4.49. The number of imidazole rings is 1. The monoisotopic (exact) mass is 551 g/mol. The molecule has 7 nitrogen and oxygen atoms in total. The van der Waals surface area contributed by atoms with Crippen LogP contribution in [0, 0.1) is 6.92 Å². The Morgan fingerprint density at radius 2 is 1.76 bits per heavy atom. The minimum Gasteiger partial charge on any atom is -0.472 e. The van der Waals surface area contributed by atoms with Crippen LogP contribution in [0.4, 0.5) is 13.2 Å². The van der Waals surface area contributed by atoms with E-state index in [0.29, 0.717) is 30.4 Å². The molecule has 0 unspecified atom stereocenters. The minimum absolute atomic E-state index is 0.0644. The number of rotatable bonds is 9. The molecule has 0 aliphatic heterocycles. The van der Waals surface area contributed by atoms with Crippen LogP contribution in [0.15, 0.2) is 36.5 Å². The topological polar surface area (TPSA) is 67.0 Å². The molecule has 12 heteroatoms. The first-order valence-corrected chi connectivity index (χ1v) is 15.8. The number of alkyl halides is 3. The number of ether oxygens (including phenoxy) is 2. The number of benzene rings is 1. The van der Waals surface area contributed by atoms with Crippen molar-refractivity contribution in [3.8, 4) is 17.3 Å². The zero-order valence-electron chi connectivity index (χ0n) is 21.4. The molecule has 0 atom stereocenters. The highest BCUT2D eigenvalue weighted by atomic mass is 35.5. The maximum atomic E-state index is 13.0. The van der Waals surface area contributed by atoms with Gasteiger partial charge in [-0.3, -0.25) is 0 Å². The Morgan fingerprint density at radius 3 is 2.38 bits per heavy atom. The second kappa shape index (κ2) is 10.5. The maximum absolute atomic E-state index is 13.0. The number of aromatic nitrogens is 5. The van der Waals surface area contributed by atoms with E-state index in [0.717, 1.165) is 28.9 Å². The molecular weight excluding hydrogens is 523 g/mol. The zero-order chi connectivity index (χ0) is 27.0. The fourth-order valence-electron chi connectivity index (χ4n) is 3.78. The van der Waals surface area contributed by atoms with Gasteiger partial charge in [0, 0.05) is 39.2 Å². The summed E-state index contributed by atoms with van der Waals surface area (Å²) in [6.07, 6.45) is -3.52. The second-order valence-corrected chi connectivity index (χ2v) is 16.1. The number of hydrogen-bond donors (Lipinski definition) is 0. The lowest BCUT2D eigenvalue weighted by Crippen LogP contribution is -2.22. The molecule has 1 aromatic carbocycles. The number of halogens is 4. The molecule has 3 aromatic heterocycles. The first-order chi connectivity index (χ1) is 17.3. The summed E-state index contributed by atoms with van der Waals surface area (Å²) in [7, 11) is 0.341. The van der Waals surface area contributed by atoms with Gasteiger partial charge in [0.25, 0.3) is 0 Å². The molecule has 0 aliphatic rings. The van der Waals surface area contributed by atoms with Crippen LogP contribution in [0.3, 0.4) is 0 Å². The highest BCUT2D eigenvalue weighted by molar-refractivity contribution is 6.76. The Bertz CT molecular complexity index is 1390. The van der Waals surface area contributed by atoms with Crippen LogP contribution >= 0.6 is 11.6 Å². The highest BCUT2D eigenvalue weighted by Crippen LogP contribution is 2.31. The van der Waals surface area contributed by atoms with Crippen molar-refractivity contribution >= 4 is 30.7 Å². The lowest BCUT2D eigenvalue weighted by atomic mass is 10.1. The average Bonchev–Trinajstić information content (AvgIpc) is 3.34. The molecule has 198 valence electrons. The van der Waals surface area contributed by atoms with Gasteiger partial charge in [0.1, 0.15) is 19.2 Å². The van der Waals surface area contributed by atoms with E-state index >= 15 is 0 Å². The van der Waals surface area contributed by atoms with Crippen molar-refractivity contribution in [2.45, 2.75) is 52.1 Å². The summed E-state index contributed by atoms with van der Waals surface area (Å²) < 4.78 is 54.2. The summed E-state index contributed by atoms with van der Waals surface area (Å²) in [5, 5.41) is 0.787. The smallest absolute Gasteiger partial charge is 0.434 e. The van der Waals surface area contributed by atoms with Gasteiger partial charge in [-0.2, -0.15) is 23.1 Å². The van der Waals surface area contributed by atoms with Gasteiger partial charge in [0.2, 0.25) is 11.2 Å². The van der Waals surface area contributed by atoms with Crippen molar-refractivity contribution < 1.29 is 22.6 Å². The van der Waals surface area contributed by atoms with Gasteiger partial charge in [-0.15, -0.1) is 0 Å². The van der Waals surface area contributed by atoms with Gasteiger partial charge in [-0.1, -0.05) is 43.9 Å². The Hall–Kier alpha value is -2.89. The molecule has 0 aliphatic carbocycles. The van der Waals surface area contributed by atoms with Crippen molar-refractivity contribution in [3.05, 3.63) is 58.8 Å². The molecule has 0 fully saturated rings. The number of aryl methyl sites for hydroxylation is 2. The van der Waals surface area contributed by atoms with Crippen LogP contribution < -0.4 is 4.74 Å². The van der Waals surface area contributed by atoms with E-state index in [4.69, 9.17) is 21.1 Å². The van der Waals surface area contributed by atoms with Gasteiger partial charge in [-0.05, 0) is 36.2 Å². The SMILES string of the molecule is Cc1cc2c(OCc3ccc(-c4nc(C(F)(F)F)cn4C)cc3)nc(Cl)nc2n1COCC[Si](C)(C)C. The Labute approximate surface area is 219 Å². The third-order valence-electron chi connectivity index (χ3n) is 5.87. The Morgan fingerprint density at radius 1 is 1.05 bits per heavy atom. The predicted octanol–water partition coefficient (Wildman–Crippen LogP) is 6.70. The van der Waals surface area contributed by atoms with E-state index in [9.17, 15) is 13.2 Å². The van der Waals surface area contributed by atoms with Crippen molar-refractivity contribution in [1.82, 2.24) is 24.1 Å². The van der Waals surface area contributed by atoms with E-state index in [1.165, 1.54) is 11.6 Å². The fourth-order valence-corrected chi connectivity index (χ4v) is 4.69. The van der Waals surface area contributed by atoms with Crippen LogP contribution in [-0.2, 0) is 31.3 Å². The molecule has 0 radical (unpaired) electrons. The van der Waals surface area contributed by atoms with Gasteiger partial charge >= 0.3 is 6.18 Å². The molecule has 3 heterocycles. The van der Waals surface area contributed by atoms with E-state index < -0.39 is 19.9 Å². The van der Waals surface area contributed by atoms with Crippen LogP contribution in [0.1, 0.15) is 17.0 Å². The molecule has 0 bridgehead atoms. The number of nitrogens with zero attached hydrogens (tertiary/aromatic N) is 5. The molecule has 0 amide bonds. The van der Waals surface area contributed by atoms with Crippen molar-refractivity contribution in [3.63, 3.8) is 0 Å². The van der Waals surface area contributed by atoms with Gasteiger partial charge in [0.05, 0.1) is 5.39 Å². The fraction of sp³-hybridized carbons (Fsp3) is 0.400. The van der Waals surface area contributed by atoms with Crippen molar-refractivity contribution in [2.24, 2.45) is 7.05 Å². The van der Waals surface area contributed by atoms with Gasteiger partial charge in [-0.25, -0.2) is 4.98 Å². The molecule has 0 saturated heterocycles. The number of hydrogen-bond acceptors (Lipinski definition) is 5. The molecule has 37 heavy (non-hydrogen) atoms. The van der Waals surface area contributed by atoms with Crippen molar-refractivity contribution in [2.75, 3.05) is 6.61 Å². The van der Waals surface area contributed by atoms with E-state index in [1.807, 2.05) is 17.6 Å². The highest BCUT2D eigenvalue weighted by Gasteiger charge is 2.34. The molecule has 0 N–H and O–H groups in total. The van der Waals surface area contributed by atoms with Crippen molar-refractivity contribution in [1.29, 1.82) is 0 Å². The Balaban J connectivity index is 1.48. The third kappa shape index (κ3) is 6.52. The quantitative estimate of drug-likeness (QED) is 0.131. The summed E-state index contributed by atoms with van der Waals surface area (Å²) in [5.41, 5.74) is 2.03. The van der Waals surface area contributed by atoms with E-state index in [2.05, 4.69) is 34.6 Å². The van der Waals surface area contributed by atoms with E-state index in [1.54, 1.807) is 24.3 Å². The first kappa shape index (κ1) is 27.1. The van der Waals surface area contributed by atoms with Gasteiger partial charge < -0.3 is 18.6 Å². The van der Waals surface area contributed by atoms with Crippen LogP contribution in [-0.4, -0.2) is 38.8 Å². The van der Waals surface area contributed by atoms with Crippen LogP contribution in [0.2, 0.25) is 31.0 Å². The maximum Gasteiger partial charge on any atom is 0.434 e. The summed E-state index contributed by atoms with van der Waals surface area (Å²) in [6, 6.07) is 9.98. The average molecular weight is 552 g/mol. The summed E-state index contributed by atoms with van der Waals surface area (Å²) in [6.45, 7) is 10.1. The lowest BCUT2D eigenvalue weighted by Gasteiger charge is -2.16. The molecule has 0 spiro atoms. The Kier molecular flexibility index (Phi) is 7.68. The molecule has 0 saturated carbocycles. The summed E-state index contributed by atoms with van der Waals surface area (Å²) >= 11 is 6.21. The van der Waals surface area contributed by atoms with E-state index in [-0.39, 0.29) is 17.7 Å². The predicted molar refractivity (Wildman–Crippen MR) is 139 cm³/mol. The number of fused-ring (bicyclic) bond motifs is 1. The second-order valence-electron chi connectivity index (χ2n) is 10.1. The third-order valence-corrected chi connectivity index (χ3v) is 7.74. The standard InChI is InChI=1S/C25H29ClF3N5O2Si/c1-16-12-19-22(34(16)15-35-10-11-37(3,4)5)31-24(26)32-23(19)36-14-17-6-8-18(9-7-17)21-30-20(13-33(21)2)25(27,28)29/h6-9,12-13H,10-11,14-15H2,1-5H3. The largest absolute Gasteiger partial charge is 0.472 e. The van der Waals surface area contributed by atoms with Gasteiger partial charge in [0.15, 0.2) is 11.3 Å². The normalized spacial score (nSPS) is 12.5.